The summed E-state index contributed by atoms with van der Waals surface area (Å²) in [4.78, 5) is 11.9. The van der Waals surface area contributed by atoms with Gasteiger partial charge in [-0.25, -0.2) is 9.18 Å². The summed E-state index contributed by atoms with van der Waals surface area (Å²) >= 11 is 0. The average molecular weight is 383 g/mol. The first-order valence-corrected chi connectivity index (χ1v) is 9.44. The van der Waals surface area contributed by atoms with Crippen molar-refractivity contribution in [1.82, 2.24) is 15.5 Å². The molecule has 0 aliphatic rings. The number of carbonyl (C=O) groups excluding carboxylic acids is 1. The van der Waals surface area contributed by atoms with Gasteiger partial charge in [0.2, 0.25) is 0 Å². The van der Waals surface area contributed by atoms with Gasteiger partial charge in [0.1, 0.15) is 11.4 Å². The Labute approximate surface area is 164 Å². The fraction of sp³-hybridized carbons (Fsp3) is 0.364. The number of amides is 1. The Morgan fingerprint density at radius 2 is 1.93 bits per heavy atom. The molecular formula is C22H26FN3O2. The minimum atomic E-state index is -0.513. The molecule has 28 heavy (non-hydrogen) atoms. The third-order valence-corrected chi connectivity index (χ3v) is 4.41. The summed E-state index contributed by atoms with van der Waals surface area (Å²) in [7, 11) is 0. The number of rotatable bonds is 5. The molecule has 3 rings (SSSR count). The number of alkyl carbamates (subject to hydrolysis) is 1. The lowest BCUT2D eigenvalue weighted by atomic mass is 10.0. The van der Waals surface area contributed by atoms with E-state index in [1.807, 2.05) is 45.9 Å². The molecule has 0 saturated heterocycles. The van der Waals surface area contributed by atoms with Crippen LogP contribution in [0.5, 0.6) is 0 Å². The summed E-state index contributed by atoms with van der Waals surface area (Å²) in [5.74, 6) is -0.264. The van der Waals surface area contributed by atoms with E-state index >= 15 is 0 Å². The summed E-state index contributed by atoms with van der Waals surface area (Å²) in [6, 6.07) is 12.4. The fourth-order valence-corrected chi connectivity index (χ4v) is 3.09. The lowest BCUT2D eigenvalue weighted by molar-refractivity contribution is 0.0506. The lowest BCUT2D eigenvalue weighted by Gasteiger charge is -2.22. The van der Waals surface area contributed by atoms with Gasteiger partial charge >= 0.3 is 6.09 Å². The summed E-state index contributed by atoms with van der Waals surface area (Å²) in [5, 5.41) is 11.4. The quantitative estimate of drug-likeness (QED) is 0.635. The highest BCUT2D eigenvalue weighted by atomic mass is 19.1. The second-order valence-corrected chi connectivity index (χ2v) is 8.00. The minimum absolute atomic E-state index is 0.0272. The number of nitrogens with one attached hydrogen (secondary N) is 2. The standard InChI is InChI=1S/C22H26FN3O2/c1-14(24-21(27)28-22(2,3)4)8-9-15-6-5-7-18-19(15)25-26-20(18)16-10-12-17(23)13-11-16/h5-7,10-14H,8-9H2,1-4H3,(H,24,27)(H,25,26)/t14-/m0/s1. The molecule has 5 nitrogen and oxygen atoms in total. The number of H-pyrrole nitrogens is 1. The molecule has 3 aromatic rings. The molecule has 0 aliphatic carbocycles. The topological polar surface area (TPSA) is 67.0 Å². The predicted octanol–water partition coefficient (Wildman–Crippen LogP) is 5.21. The molecule has 148 valence electrons. The molecule has 1 heterocycles. The van der Waals surface area contributed by atoms with E-state index < -0.39 is 11.7 Å². The minimum Gasteiger partial charge on any atom is -0.444 e. The van der Waals surface area contributed by atoms with E-state index in [9.17, 15) is 9.18 Å². The second kappa shape index (κ2) is 8.00. The molecule has 2 N–H and O–H groups in total. The van der Waals surface area contributed by atoms with Crippen molar-refractivity contribution >= 4 is 17.0 Å². The first-order valence-electron chi connectivity index (χ1n) is 9.44. The number of aromatic amines is 1. The van der Waals surface area contributed by atoms with E-state index in [1.54, 1.807) is 12.1 Å². The third-order valence-electron chi connectivity index (χ3n) is 4.41. The van der Waals surface area contributed by atoms with E-state index in [0.717, 1.165) is 40.6 Å². The largest absolute Gasteiger partial charge is 0.444 e. The van der Waals surface area contributed by atoms with Crippen LogP contribution >= 0.6 is 0 Å². The molecule has 1 amide bonds. The van der Waals surface area contributed by atoms with Crippen molar-refractivity contribution in [2.24, 2.45) is 0 Å². The Balaban J connectivity index is 1.71. The molecule has 1 atom stereocenters. The van der Waals surface area contributed by atoms with Crippen LogP contribution in [-0.4, -0.2) is 27.9 Å². The van der Waals surface area contributed by atoms with Gasteiger partial charge in [0.05, 0.1) is 11.2 Å². The summed E-state index contributed by atoms with van der Waals surface area (Å²) in [6.07, 6.45) is 1.12. The first-order chi connectivity index (χ1) is 13.2. The number of ether oxygens (including phenoxy) is 1. The smallest absolute Gasteiger partial charge is 0.407 e. The Morgan fingerprint density at radius 3 is 2.61 bits per heavy atom. The molecule has 0 spiro atoms. The number of fused-ring (bicyclic) bond motifs is 1. The van der Waals surface area contributed by atoms with Crippen molar-refractivity contribution < 1.29 is 13.9 Å². The molecule has 0 bridgehead atoms. The molecule has 2 aromatic carbocycles. The van der Waals surface area contributed by atoms with Crippen LogP contribution in [0.2, 0.25) is 0 Å². The third kappa shape index (κ3) is 4.88. The maximum atomic E-state index is 13.2. The number of halogens is 1. The summed E-state index contributed by atoms with van der Waals surface area (Å²) in [5.41, 5.74) is 3.24. The van der Waals surface area contributed by atoms with Crippen LogP contribution in [0, 0.1) is 5.82 Å². The second-order valence-electron chi connectivity index (χ2n) is 8.00. The van der Waals surface area contributed by atoms with Crippen molar-refractivity contribution in [2.75, 3.05) is 0 Å². The van der Waals surface area contributed by atoms with E-state index in [4.69, 9.17) is 4.74 Å². The van der Waals surface area contributed by atoms with Crippen molar-refractivity contribution in [3.63, 3.8) is 0 Å². The van der Waals surface area contributed by atoms with Crippen LogP contribution in [-0.2, 0) is 11.2 Å². The van der Waals surface area contributed by atoms with Crippen molar-refractivity contribution in [3.8, 4) is 11.3 Å². The zero-order chi connectivity index (χ0) is 20.3. The molecule has 0 radical (unpaired) electrons. The van der Waals surface area contributed by atoms with E-state index in [1.165, 1.54) is 12.1 Å². The number of aryl methyl sites for hydroxylation is 1. The van der Waals surface area contributed by atoms with Gasteiger partial charge in [0, 0.05) is 17.0 Å². The molecule has 0 saturated carbocycles. The van der Waals surface area contributed by atoms with Crippen LogP contribution in [0.3, 0.4) is 0 Å². The highest BCUT2D eigenvalue weighted by Crippen LogP contribution is 2.28. The van der Waals surface area contributed by atoms with E-state index in [-0.39, 0.29) is 11.9 Å². The molecule has 1 aromatic heterocycles. The Hall–Kier alpha value is -2.89. The Kier molecular flexibility index (Phi) is 5.68. The number of para-hydroxylation sites is 1. The number of nitrogens with zero attached hydrogens (tertiary/aromatic N) is 1. The summed E-state index contributed by atoms with van der Waals surface area (Å²) < 4.78 is 18.5. The monoisotopic (exact) mass is 383 g/mol. The Morgan fingerprint density at radius 1 is 1.21 bits per heavy atom. The molecule has 0 fully saturated rings. The lowest BCUT2D eigenvalue weighted by Crippen LogP contribution is -2.37. The van der Waals surface area contributed by atoms with Crippen molar-refractivity contribution in [1.29, 1.82) is 0 Å². The molecule has 6 heteroatoms. The van der Waals surface area contributed by atoms with Crippen molar-refractivity contribution in [3.05, 3.63) is 53.8 Å². The van der Waals surface area contributed by atoms with Gasteiger partial charge in [-0.15, -0.1) is 0 Å². The van der Waals surface area contributed by atoms with E-state index in [2.05, 4.69) is 15.5 Å². The number of hydrogen-bond acceptors (Lipinski definition) is 3. The maximum Gasteiger partial charge on any atom is 0.407 e. The van der Waals surface area contributed by atoms with Gasteiger partial charge in [-0.3, -0.25) is 5.10 Å². The number of carbonyl (C=O) groups is 1. The maximum absolute atomic E-state index is 13.2. The van der Waals surface area contributed by atoms with Crippen LogP contribution in [0.25, 0.3) is 22.2 Å². The zero-order valence-corrected chi connectivity index (χ0v) is 16.7. The van der Waals surface area contributed by atoms with Crippen LogP contribution in [0.15, 0.2) is 42.5 Å². The molecule has 0 unspecified atom stereocenters. The normalized spacial score (nSPS) is 12.8. The predicted molar refractivity (Wildman–Crippen MR) is 109 cm³/mol. The highest BCUT2D eigenvalue weighted by Gasteiger charge is 2.18. The first kappa shape index (κ1) is 19.9. The van der Waals surface area contributed by atoms with Gasteiger partial charge < -0.3 is 10.1 Å². The average Bonchev–Trinajstić information content (AvgIpc) is 3.03. The van der Waals surface area contributed by atoms with Crippen LogP contribution < -0.4 is 5.32 Å². The van der Waals surface area contributed by atoms with E-state index in [0.29, 0.717) is 0 Å². The zero-order valence-electron chi connectivity index (χ0n) is 16.7. The molecular weight excluding hydrogens is 357 g/mol. The van der Waals surface area contributed by atoms with Crippen LogP contribution in [0.1, 0.15) is 39.7 Å². The van der Waals surface area contributed by atoms with Gasteiger partial charge in [0.15, 0.2) is 0 Å². The van der Waals surface area contributed by atoms with Gasteiger partial charge in [-0.1, -0.05) is 18.2 Å². The van der Waals surface area contributed by atoms with Gasteiger partial charge in [-0.05, 0) is 70.4 Å². The van der Waals surface area contributed by atoms with Gasteiger partial charge in [-0.2, -0.15) is 5.10 Å². The van der Waals surface area contributed by atoms with Crippen LogP contribution in [0.4, 0.5) is 9.18 Å². The Bertz CT molecular complexity index is 958. The van der Waals surface area contributed by atoms with Crippen molar-refractivity contribution in [2.45, 2.75) is 52.2 Å². The van der Waals surface area contributed by atoms with Gasteiger partial charge in [0.25, 0.3) is 0 Å². The number of aromatic nitrogens is 2. The SMILES string of the molecule is C[C@@H](CCc1cccc2c(-c3ccc(F)cc3)[nH]nc12)NC(=O)OC(C)(C)C. The molecule has 0 aliphatic heterocycles. The number of hydrogen-bond donors (Lipinski definition) is 2. The highest BCUT2D eigenvalue weighted by molar-refractivity contribution is 5.94. The number of benzene rings is 2. The summed E-state index contributed by atoms with van der Waals surface area (Å²) in [6.45, 7) is 7.48. The fourth-order valence-electron chi connectivity index (χ4n) is 3.09.